The zero-order valence-electron chi connectivity index (χ0n) is 18.5. The summed E-state index contributed by atoms with van der Waals surface area (Å²) in [5, 5.41) is 3.19. The zero-order chi connectivity index (χ0) is 24.9. The standard InChI is InChI=1S/C24H23Cl2FN2O4S/c1-16(24(30)28-14-13-17-3-8-20(33-2)9-4-17)29(23-15-19(26)7-12-22(23)27)34(31,32)21-10-5-18(25)6-11-21/h3-12,15-16H,13-14H2,1-2H3,(H,28,30)/t16-/m1/s1. The van der Waals surface area contributed by atoms with Crippen LogP contribution in [0.3, 0.4) is 0 Å². The molecule has 10 heteroatoms. The van der Waals surface area contributed by atoms with E-state index < -0.39 is 27.8 Å². The van der Waals surface area contributed by atoms with Gasteiger partial charge in [-0.3, -0.25) is 9.10 Å². The summed E-state index contributed by atoms with van der Waals surface area (Å²) in [5.74, 6) is -0.710. The number of rotatable bonds is 9. The number of carbonyl (C=O) groups excluding carboxylic acids is 1. The molecule has 3 aromatic carbocycles. The Bertz CT molecular complexity index is 1250. The highest BCUT2D eigenvalue weighted by molar-refractivity contribution is 7.93. The number of ether oxygens (including phenoxy) is 1. The van der Waals surface area contributed by atoms with Crippen LogP contribution in [0.25, 0.3) is 0 Å². The molecule has 0 aromatic heterocycles. The van der Waals surface area contributed by atoms with E-state index in [1.165, 1.54) is 43.3 Å². The van der Waals surface area contributed by atoms with Crippen LogP contribution in [0.15, 0.2) is 71.6 Å². The Hall–Kier alpha value is -2.81. The predicted octanol–water partition coefficient (Wildman–Crippen LogP) is 5.08. The first-order chi connectivity index (χ1) is 16.1. The van der Waals surface area contributed by atoms with E-state index in [2.05, 4.69) is 5.32 Å². The number of nitrogens with zero attached hydrogens (tertiary/aromatic N) is 1. The molecule has 0 heterocycles. The molecule has 3 aromatic rings. The molecule has 0 fully saturated rings. The number of hydrogen-bond acceptors (Lipinski definition) is 4. The second-order valence-corrected chi connectivity index (χ2v) is 10.1. The molecule has 0 radical (unpaired) electrons. The molecule has 0 unspecified atom stereocenters. The number of anilines is 1. The van der Waals surface area contributed by atoms with Gasteiger partial charge in [-0.05, 0) is 73.5 Å². The third kappa shape index (κ3) is 6.00. The number of carbonyl (C=O) groups is 1. The van der Waals surface area contributed by atoms with Crippen LogP contribution in [0.1, 0.15) is 12.5 Å². The Kier molecular flexibility index (Phi) is 8.41. The van der Waals surface area contributed by atoms with Crippen molar-refractivity contribution in [3.8, 4) is 5.75 Å². The van der Waals surface area contributed by atoms with Crippen LogP contribution in [0.4, 0.5) is 10.1 Å². The second kappa shape index (κ2) is 11.1. The summed E-state index contributed by atoms with van der Waals surface area (Å²) < 4.78 is 47.6. The van der Waals surface area contributed by atoms with Gasteiger partial charge in [0.15, 0.2) is 0 Å². The van der Waals surface area contributed by atoms with E-state index >= 15 is 0 Å². The number of halogens is 3. The summed E-state index contributed by atoms with van der Waals surface area (Å²) in [6.07, 6.45) is 0.512. The maximum atomic E-state index is 14.8. The lowest BCUT2D eigenvalue weighted by Gasteiger charge is -2.30. The van der Waals surface area contributed by atoms with Gasteiger partial charge in [0, 0.05) is 16.6 Å². The minimum absolute atomic E-state index is 0.125. The molecular formula is C24H23Cl2FN2O4S. The largest absolute Gasteiger partial charge is 0.497 e. The Morgan fingerprint density at radius 2 is 1.65 bits per heavy atom. The summed E-state index contributed by atoms with van der Waals surface area (Å²) in [5.41, 5.74) is 0.625. The number of nitrogens with one attached hydrogen (secondary N) is 1. The number of methoxy groups -OCH3 is 1. The predicted molar refractivity (Wildman–Crippen MR) is 132 cm³/mol. The zero-order valence-corrected chi connectivity index (χ0v) is 20.8. The highest BCUT2D eigenvalue weighted by atomic mass is 35.5. The van der Waals surface area contributed by atoms with Crippen LogP contribution in [0.2, 0.25) is 10.0 Å². The van der Waals surface area contributed by atoms with Gasteiger partial charge in [-0.1, -0.05) is 35.3 Å². The van der Waals surface area contributed by atoms with Gasteiger partial charge in [0.1, 0.15) is 17.6 Å². The first-order valence-corrected chi connectivity index (χ1v) is 12.5. The average Bonchev–Trinajstić information content (AvgIpc) is 2.82. The van der Waals surface area contributed by atoms with E-state index in [1.54, 1.807) is 7.11 Å². The van der Waals surface area contributed by atoms with Crippen molar-refractivity contribution in [1.82, 2.24) is 5.32 Å². The normalized spacial score (nSPS) is 12.1. The van der Waals surface area contributed by atoms with Crippen LogP contribution in [-0.2, 0) is 21.2 Å². The Labute approximate surface area is 208 Å². The van der Waals surface area contributed by atoms with Crippen molar-refractivity contribution in [2.75, 3.05) is 18.0 Å². The minimum atomic E-state index is -4.34. The van der Waals surface area contributed by atoms with Crippen molar-refractivity contribution in [3.63, 3.8) is 0 Å². The molecule has 1 N–H and O–H groups in total. The molecular weight excluding hydrogens is 502 g/mol. The lowest BCUT2D eigenvalue weighted by Crippen LogP contribution is -2.48. The van der Waals surface area contributed by atoms with Gasteiger partial charge >= 0.3 is 0 Å². The molecule has 0 bridgehead atoms. The molecule has 0 aliphatic heterocycles. The van der Waals surface area contributed by atoms with E-state index in [0.29, 0.717) is 17.2 Å². The van der Waals surface area contributed by atoms with Gasteiger partial charge < -0.3 is 10.1 Å². The monoisotopic (exact) mass is 524 g/mol. The summed E-state index contributed by atoms with van der Waals surface area (Å²) in [7, 11) is -2.77. The van der Waals surface area contributed by atoms with Crippen molar-refractivity contribution in [1.29, 1.82) is 0 Å². The van der Waals surface area contributed by atoms with Crippen molar-refractivity contribution >= 4 is 44.8 Å². The smallest absolute Gasteiger partial charge is 0.265 e. The lowest BCUT2D eigenvalue weighted by atomic mass is 10.1. The van der Waals surface area contributed by atoms with Crippen LogP contribution in [-0.4, -0.2) is 34.0 Å². The molecule has 1 amide bonds. The second-order valence-electron chi connectivity index (χ2n) is 7.42. The van der Waals surface area contributed by atoms with Gasteiger partial charge in [-0.15, -0.1) is 0 Å². The molecule has 180 valence electrons. The molecule has 34 heavy (non-hydrogen) atoms. The molecule has 0 aliphatic carbocycles. The van der Waals surface area contributed by atoms with Crippen molar-refractivity contribution < 1.29 is 22.3 Å². The summed E-state index contributed by atoms with van der Waals surface area (Å²) in [4.78, 5) is 12.8. The van der Waals surface area contributed by atoms with Crippen LogP contribution < -0.4 is 14.4 Å². The van der Waals surface area contributed by atoms with Crippen LogP contribution >= 0.6 is 23.2 Å². The van der Waals surface area contributed by atoms with E-state index in [0.717, 1.165) is 15.9 Å². The van der Waals surface area contributed by atoms with Crippen molar-refractivity contribution in [2.45, 2.75) is 24.3 Å². The van der Waals surface area contributed by atoms with Gasteiger partial charge in [0.25, 0.3) is 10.0 Å². The Morgan fingerprint density at radius 3 is 2.26 bits per heavy atom. The first kappa shape index (κ1) is 25.8. The van der Waals surface area contributed by atoms with Gasteiger partial charge in [0.2, 0.25) is 5.91 Å². The molecule has 1 atom stereocenters. The number of sulfonamides is 1. The fourth-order valence-electron chi connectivity index (χ4n) is 3.30. The Balaban J connectivity index is 1.86. The van der Waals surface area contributed by atoms with Gasteiger partial charge in [0.05, 0.1) is 17.7 Å². The minimum Gasteiger partial charge on any atom is -0.497 e. The highest BCUT2D eigenvalue weighted by Gasteiger charge is 2.35. The lowest BCUT2D eigenvalue weighted by molar-refractivity contribution is -0.121. The quantitative estimate of drug-likeness (QED) is 0.423. The van der Waals surface area contributed by atoms with E-state index in [9.17, 15) is 17.6 Å². The van der Waals surface area contributed by atoms with Crippen molar-refractivity contribution in [2.24, 2.45) is 0 Å². The molecule has 0 spiro atoms. The Morgan fingerprint density at radius 1 is 1.03 bits per heavy atom. The topological polar surface area (TPSA) is 75.7 Å². The molecule has 6 nitrogen and oxygen atoms in total. The molecule has 0 aliphatic rings. The third-order valence-corrected chi connectivity index (χ3v) is 7.51. The molecule has 3 rings (SSSR count). The summed E-state index contributed by atoms with van der Waals surface area (Å²) in [6.45, 7) is 1.64. The molecule has 0 saturated heterocycles. The molecule has 0 saturated carbocycles. The highest BCUT2D eigenvalue weighted by Crippen LogP contribution is 2.31. The summed E-state index contributed by atoms with van der Waals surface area (Å²) >= 11 is 11.9. The maximum absolute atomic E-state index is 14.8. The van der Waals surface area contributed by atoms with Crippen LogP contribution in [0.5, 0.6) is 5.75 Å². The van der Waals surface area contributed by atoms with Crippen molar-refractivity contribution in [3.05, 3.63) is 88.2 Å². The number of benzene rings is 3. The first-order valence-electron chi connectivity index (χ1n) is 10.3. The maximum Gasteiger partial charge on any atom is 0.265 e. The average molecular weight is 525 g/mol. The van der Waals surface area contributed by atoms with E-state index in [4.69, 9.17) is 27.9 Å². The summed E-state index contributed by atoms with van der Waals surface area (Å²) in [6, 6.07) is 15.0. The third-order valence-electron chi connectivity index (χ3n) is 5.12. The van der Waals surface area contributed by atoms with E-state index in [-0.39, 0.29) is 22.2 Å². The fourth-order valence-corrected chi connectivity index (χ4v) is 5.21. The number of amides is 1. The van der Waals surface area contributed by atoms with Gasteiger partial charge in [-0.25, -0.2) is 12.8 Å². The van der Waals surface area contributed by atoms with E-state index in [1.807, 2.05) is 24.3 Å². The van der Waals surface area contributed by atoms with Crippen LogP contribution in [0, 0.1) is 5.82 Å². The number of hydrogen-bond donors (Lipinski definition) is 1. The van der Waals surface area contributed by atoms with Gasteiger partial charge in [-0.2, -0.15) is 0 Å². The fraction of sp³-hybridized carbons (Fsp3) is 0.208. The SMILES string of the molecule is COc1ccc(CCNC(=O)[C@@H](C)N(c2cc(Cl)ccc2F)S(=O)(=O)c2ccc(Cl)cc2)cc1.